The van der Waals surface area contributed by atoms with Crippen LogP contribution in [0.2, 0.25) is 0 Å². The summed E-state index contributed by atoms with van der Waals surface area (Å²) in [7, 11) is 1.84. The average Bonchev–Trinajstić information content (AvgIpc) is 3.29. The second-order valence-corrected chi connectivity index (χ2v) is 6.18. The Labute approximate surface area is 132 Å². The van der Waals surface area contributed by atoms with Gasteiger partial charge in [-0.2, -0.15) is 0 Å². The molecule has 4 nitrogen and oxygen atoms in total. The van der Waals surface area contributed by atoms with E-state index in [-0.39, 0.29) is 0 Å². The first kappa shape index (κ1) is 14.9. The van der Waals surface area contributed by atoms with E-state index in [1.54, 1.807) is 0 Å². The molecular weight excluding hydrogens is 272 g/mol. The summed E-state index contributed by atoms with van der Waals surface area (Å²) in [6.07, 6.45) is 5.09. The number of benzene rings is 1. The van der Waals surface area contributed by atoms with Crippen LogP contribution in [-0.4, -0.2) is 31.1 Å². The molecule has 1 aromatic heterocycles. The minimum Gasteiger partial charge on any atom is -0.358 e. The first-order valence-corrected chi connectivity index (χ1v) is 8.28. The van der Waals surface area contributed by atoms with E-state index in [0.717, 1.165) is 31.4 Å². The molecule has 4 heteroatoms. The fourth-order valence-corrected chi connectivity index (χ4v) is 2.98. The SMILES string of the molecule is CN=C(NCCc1c(C)[nH]c2ccccc12)NCCC1CC1. The van der Waals surface area contributed by atoms with Gasteiger partial charge in [-0.1, -0.05) is 31.0 Å². The lowest BCUT2D eigenvalue weighted by Crippen LogP contribution is -2.38. The van der Waals surface area contributed by atoms with Gasteiger partial charge in [-0.15, -0.1) is 0 Å². The lowest BCUT2D eigenvalue weighted by molar-refractivity contribution is 0.684. The van der Waals surface area contributed by atoms with Crippen molar-refractivity contribution in [3.8, 4) is 0 Å². The van der Waals surface area contributed by atoms with Crippen LogP contribution in [0, 0.1) is 12.8 Å². The summed E-state index contributed by atoms with van der Waals surface area (Å²) >= 11 is 0. The van der Waals surface area contributed by atoms with E-state index in [0.29, 0.717) is 0 Å². The number of aliphatic imine (C=N–C) groups is 1. The van der Waals surface area contributed by atoms with E-state index in [1.807, 2.05) is 7.05 Å². The van der Waals surface area contributed by atoms with Gasteiger partial charge in [0.1, 0.15) is 0 Å². The standard InChI is InChI=1S/C18H26N4/c1-13-15(16-5-3-4-6-17(16)22-13)10-12-21-18(19-2)20-11-9-14-7-8-14/h3-6,14,22H,7-12H2,1-2H3,(H2,19,20,21). The molecule has 0 saturated heterocycles. The molecule has 1 aromatic carbocycles. The second kappa shape index (κ2) is 6.86. The summed E-state index contributed by atoms with van der Waals surface area (Å²) in [5.41, 5.74) is 3.89. The van der Waals surface area contributed by atoms with Gasteiger partial charge in [0.05, 0.1) is 0 Å². The lowest BCUT2D eigenvalue weighted by Gasteiger charge is -2.11. The normalized spacial score (nSPS) is 15.3. The van der Waals surface area contributed by atoms with Crippen LogP contribution in [0.1, 0.15) is 30.5 Å². The van der Waals surface area contributed by atoms with Crippen LogP contribution in [0.3, 0.4) is 0 Å². The maximum atomic E-state index is 4.30. The highest BCUT2D eigenvalue weighted by molar-refractivity contribution is 5.84. The molecule has 0 amide bonds. The maximum absolute atomic E-state index is 4.30. The summed E-state index contributed by atoms with van der Waals surface area (Å²) in [6, 6.07) is 8.51. The summed E-state index contributed by atoms with van der Waals surface area (Å²) in [4.78, 5) is 7.75. The third-order valence-electron chi connectivity index (χ3n) is 4.46. The number of H-pyrrole nitrogens is 1. The molecule has 22 heavy (non-hydrogen) atoms. The van der Waals surface area contributed by atoms with Crippen molar-refractivity contribution in [2.24, 2.45) is 10.9 Å². The predicted molar refractivity (Wildman–Crippen MR) is 93.4 cm³/mol. The highest BCUT2D eigenvalue weighted by Crippen LogP contribution is 2.31. The van der Waals surface area contributed by atoms with Crippen molar-refractivity contribution < 1.29 is 0 Å². The first-order chi connectivity index (χ1) is 10.8. The molecule has 3 N–H and O–H groups in total. The fraction of sp³-hybridized carbons (Fsp3) is 0.500. The summed E-state index contributed by atoms with van der Waals surface area (Å²) < 4.78 is 0. The van der Waals surface area contributed by atoms with E-state index in [2.05, 4.69) is 51.8 Å². The number of aromatic nitrogens is 1. The fourth-order valence-electron chi connectivity index (χ4n) is 2.98. The number of nitrogens with zero attached hydrogens (tertiary/aromatic N) is 1. The Hall–Kier alpha value is -1.97. The van der Waals surface area contributed by atoms with Gasteiger partial charge in [-0.3, -0.25) is 4.99 Å². The van der Waals surface area contributed by atoms with Gasteiger partial charge in [0, 0.05) is 36.7 Å². The third kappa shape index (κ3) is 3.62. The van der Waals surface area contributed by atoms with Crippen LogP contribution in [0.5, 0.6) is 0 Å². The Balaban J connectivity index is 1.51. The van der Waals surface area contributed by atoms with Crippen LogP contribution in [0.25, 0.3) is 10.9 Å². The second-order valence-electron chi connectivity index (χ2n) is 6.18. The van der Waals surface area contributed by atoms with E-state index < -0.39 is 0 Å². The van der Waals surface area contributed by atoms with Crippen molar-refractivity contribution >= 4 is 16.9 Å². The van der Waals surface area contributed by atoms with Crippen LogP contribution < -0.4 is 10.6 Å². The number of guanidine groups is 1. The van der Waals surface area contributed by atoms with Crippen molar-refractivity contribution in [3.05, 3.63) is 35.5 Å². The molecule has 0 bridgehead atoms. The number of aromatic amines is 1. The average molecular weight is 298 g/mol. The van der Waals surface area contributed by atoms with Crippen LogP contribution in [-0.2, 0) is 6.42 Å². The van der Waals surface area contributed by atoms with E-state index in [1.165, 1.54) is 41.4 Å². The molecule has 1 saturated carbocycles. The zero-order valence-corrected chi connectivity index (χ0v) is 13.6. The molecule has 1 aliphatic carbocycles. The van der Waals surface area contributed by atoms with Gasteiger partial charge in [0.15, 0.2) is 5.96 Å². The molecule has 3 rings (SSSR count). The Kier molecular flexibility index (Phi) is 4.66. The van der Waals surface area contributed by atoms with Crippen molar-refractivity contribution in [2.75, 3.05) is 20.1 Å². The number of fused-ring (bicyclic) bond motifs is 1. The number of aryl methyl sites for hydroxylation is 1. The molecule has 2 aromatic rings. The van der Waals surface area contributed by atoms with Crippen molar-refractivity contribution in [1.29, 1.82) is 0 Å². The minimum atomic E-state index is 0.895. The van der Waals surface area contributed by atoms with Gasteiger partial charge < -0.3 is 15.6 Å². The number of nitrogens with one attached hydrogen (secondary N) is 3. The molecule has 0 radical (unpaired) electrons. The maximum Gasteiger partial charge on any atom is 0.190 e. The number of para-hydroxylation sites is 1. The summed E-state index contributed by atoms with van der Waals surface area (Å²) in [5, 5.41) is 8.15. The third-order valence-corrected chi connectivity index (χ3v) is 4.46. The Morgan fingerprint density at radius 2 is 2.00 bits per heavy atom. The molecule has 0 unspecified atom stereocenters. The summed E-state index contributed by atoms with van der Waals surface area (Å²) in [6.45, 7) is 4.07. The molecular formula is C18H26N4. The number of hydrogen-bond donors (Lipinski definition) is 3. The quantitative estimate of drug-likeness (QED) is 0.567. The zero-order valence-electron chi connectivity index (χ0n) is 13.6. The van der Waals surface area contributed by atoms with Gasteiger partial charge in [-0.05, 0) is 37.3 Å². The highest BCUT2D eigenvalue weighted by Gasteiger charge is 2.20. The van der Waals surface area contributed by atoms with Gasteiger partial charge >= 0.3 is 0 Å². The Morgan fingerprint density at radius 3 is 2.77 bits per heavy atom. The Morgan fingerprint density at radius 1 is 1.23 bits per heavy atom. The van der Waals surface area contributed by atoms with E-state index >= 15 is 0 Å². The van der Waals surface area contributed by atoms with Gasteiger partial charge in [0.25, 0.3) is 0 Å². The van der Waals surface area contributed by atoms with Gasteiger partial charge in [-0.25, -0.2) is 0 Å². The molecule has 0 aliphatic heterocycles. The van der Waals surface area contributed by atoms with E-state index in [9.17, 15) is 0 Å². The summed E-state index contributed by atoms with van der Waals surface area (Å²) in [5.74, 6) is 1.87. The monoisotopic (exact) mass is 298 g/mol. The lowest BCUT2D eigenvalue weighted by atomic mass is 10.1. The smallest absolute Gasteiger partial charge is 0.190 e. The van der Waals surface area contributed by atoms with Gasteiger partial charge in [0.2, 0.25) is 0 Å². The molecule has 0 spiro atoms. The zero-order chi connectivity index (χ0) is 15.4. The topological polar surface area (TPSA) is 52.2 Å². The van der Waals surface area contributed by atoms with Crippen molar-refractivity contribution in [3.63, 3.8) is 0 Å². The molecule has 118 valence electrons. The van der Waals surface area contributed by atoms with Crippen LogP contribution >= 0.6 is 0 Å². The van der Waals surface area contributed by atoms with Crippen molar-refractivity contribution in [2.45, 2.75) is 32.6 Å². The van der Waals surface area contributed by atoms with Crippen LogP contribution in [0.15, 0.2) is 29.3 Å². The molecule has 1 aliphatic rings. The van der Waals surface area contributed by atoms with Crippen LogP contribution in [0.4, 0.5) is 0 Å². The predicted octanol–water partition coefficient (Wildman–Crippen LogP) is 2.98. The Bertz CT molecular complexity index is 652. The largest absolute Gasteiger partial charge is 0.358 e. The van der Waals surface area contributed by atoms with E-state index in [4.69, 9.17) is 0 Å². The molecule has 1 heterocycles. The van der Waals surface area contributed by atoms with Crippen molar-refractivity contribution in [1.82, 2.24) is 15.6 Å². The molecule has 1 fully saturated rings. The highest BCUT2D eigenvalue weighted by atomic mass is 15.2. The number of hydrogen-bond acceptors (Lipinski definition) is 1. The molecule has 0 atom stereocenters. The number of rotatable bonds is 6. The minimum absolute atomic E-state index is 0.895. The first-order valence-electron chi connectivity index (χ1n) is 8.28.